The van der Waals surface area contributed by atoms with Crippen LogP contribution in [-0.4, -0.2) is 5.60 Å². The minimum atomic E-state index is -0.162. The van der Waals surface area contributed by atoms with E-state index in [1.165, 1.54) is 0 Å². The van der Waals surface area contributed by atoms with Gasteiger partial charge in [-0.25, -0.2) is 0 Å². The minimum absolute atomic E-state index is 0.162. The van der Waals surface area contributed by atoms with Gasteiger partial charge >= 0.3 is 0 Å². The van der Waals surface area contributed by atoms with Crippen molar-refractivity contribution in [1.82, 2.24) is 0 Å². The van der Waals surface area contributed by atoms with Crippen molar-refractivity contribution in [2.24, 2.45) is 0 Å². The fourth-order valence-corrected chi connectivity index (χ4v) is 2.23. The van der Waals surface area contributed by atoms with Gasteiger partial charge in [0.15, 0.2) is 0 Å². The van der Waals surface area contributed by atoms with Gasteiger partial charge in [0, 0.05) is 5.30 Å². The fraction of sp³-hybridized carbons (Fsp3) is 0.250. The molecular formula is C16H19O2P. The zero-order valence-corrected chi connectivity index (χ0v) is 12.5. The molecule has 0 radical (unpaired) electrons. The Morgan fingerprint density at radius 3 is 2.00 bits per heavy atom. The first-order valence-electron chi connectivity index (χ1n) is 6.30. The van der Waals surface area contributed by atoms with Crippen molar-refractivity contribution >= 4 is 14.1 Å². The molecule has 19 heavy (non-hydrogen) atoms. The van der Waals surface area contributed by atoms with Crippen LogP contribution in [-0.2, 0) is 0 Å². The van der Waals surface area contributed by atoms with Gasteiger partial charge < -0.3 is 9.26 Å². The molecule has 2 aromatic rings. The lowest BCUT2D eigenvalue weighted by atomic mass is 10.2. The molecule has 0 amide bonds. The Hall–Kier alpha value is -1.53. The number of ether oxygens (including phenoxy) is 1. The van der Waals surface area contributed by atoms with E-state index < -0.39 is 0 Å². The lowest BCUT2D eigenvalue weighted by molar-refractivity contribution is 0.131. The summed E-state index contributed by atoms with van der Waals surface area (Å²) in [6.07, 6.45) is 0. The summed E-state index contributed by atoms with van der Waals surface area (Å²) in [4.78, 5) is 0. The molecule has 0 spiro atoms. The number of rotatable bonds is 4. The van der Waals surface area contributed by atoms with Gasteiger partial charge in [0.1, 0.15) is 25.9 Å². The van der Waals surface area contributed by atoms with E-state index in [-0.39, 0.29) is 5.60 Å². The van der Waals surface area contributed by atoms with E-state index in [4.69, 9.17) is 9.26 Å². The minimum Gasteiger partial charge on any atom is -0.488 e. The molecule has 0 aromatic heterocycles. The molecule has 100 valence electrons. The van der Waals surface area contributed by atoms with E-state index in [2.05, 4.69) is 0 Å². The van der Waals surface area contributed by atoms with Crippen LogP contribution >= 0.6 is 8.81 Å². The Morgan fingerprint density at radius 1 is 0.789 bits per heavy atom. The van der Waals surface area contributed by atoms with Crippen LogP contribution in [0.2, 0.25) is 0 Å². The Kier molecular flexibility index (Phi) is 4.44. The largest absolute Gasteiger partial charge is 0.488 e. The number of benzene rings is 2. The highest BCUT2D eigenvalue weighted by Gasteiger charge is 2.11. The van der Waals surface area contributed by atoms with Crippen molar-refractivity contribution in [2.45, 2.75) is 26.4 Å². The molecule has 0 saturated carbocycles. The molecule has 0 fully saturated rings. The summed E-state index contributed by atoms with van der Waals surface area (Å²) >= 11 is 0. The third-order valence-electron chi connectivity index (χ3n) is 2.31. The molecule has 2 aromatic carbocycles. The first-order valence-corrected chi connectivity index (χ1v) is 7.21. The SMILES string of the molecule is CC(C)(C)Oc1ccc(POc2ccccc2)cc1. The fourth-order valence-electron chi connectivity index (χ4n) is 1.55. The van der Waals surface area contributed by atoms with Crippen LogP contribution in [0.1, 0.15) is 20.8 Å². The van der Waals surface area contributed by atoms with E-state index in [0.717, 1.165) is 16.8 Å². The lowest BCUT2D eigenvalue weighted by Crippen LogP contribution is -2.23. The average Bonchev–Trinajstić information content (AvgIpc) is 2.37. The molecule has 1 atom stereocenters. The van der Waals surface area contributed by atoms with Gasteiger partial charge in [-0.05, 0) is 57.2 Å². The van der Waals surface area contributed by atoms with Gasteiger partial charge in [-0.3, -0.25) is 0 Å². The van der Waals surface area contributed by atoms with E-state index >= 15 is 0 Å². The molecule has 2 rings (SSSR count). The van der Waals surface area contributed by atoms with Crippen molar-refractivity contribution in [3.8, 4) is 11.5 Å². The predicted molar refractivity (Wildman–Crippen MR) is 81.8 cm³/mol. The second-order valence-corrected chi connectivity index (χ2v) is 6.24. The van der Waals surface area contributed by atoms with Gasteiger partial charge in [0.05, 0.1) is 0 Å². The summed E-state index contributed by atoms with van der Waals surface area (Å²) in [6, 6.07) is 17.9. The molecule has 3 heteroatoms. The topological polar surface area (TPSA) is 18.5 Å². The third-order valence-corrected chi connectivity index (χ3v) is 3.22. The zero-order chi connectivity index (χ0) is 13.7. The second kappa shape index (κ2) is 6.08. The molecule has 0 N–H and O–H groups in total. The molecule has 2 nitrogen and oxygen atoms in total. The summed E-state index contributed by atoms with van der Waals surface area (Å²) in [6.45, 7) is 6.13. The zero-order valence-electron chi connectivity index (χ0n) is 11.5. The van der Waals surface area contributed by atoms with Crippen LogP contribution in [0, 0.1) is 0 Å². The van der Waals surface area contributed by atoms with Crippen molar-refractivity contribution < 1.29 is 9.26 Å². The highest BCUT2D eigenvalue weighted by Crippen LogP contribution is 2.22. The summed E-state index contributed by atoms with van der Waals surface area (Å²) in [5, 5.41) is 1.16. The van der Waals surface area contributed by atoms with E-state index in [9.17, 15) is 0 Å². The second-order valence-electron chi connectivity index (χ2n) is 5.26. The molecule has 0 bridgehead atoms. The van der Waals surface area contributed by atoms with Gasteiger partial charge in [0.25, 0.3) is 0 Å². The quantitative estimate of drug-likeness (QED) is 0.779. The normalized spacial score (nSPS) is 11.7. The maximum absolute atomic E-state index is 5.78. The standard InChI is InChI=1S/C16H19O2P/c1-16(2,3)17-13-9-11-15(12-10-13)19-18-14-7-5-4-6-8-14/h4-12,19H,1-3H3. The number of hydrogen-bond acceptors (Lipinski definition) is 2. The van der Waals surface area contributed by atoms with E-state index in [1.54, 1.807) is 0 Å². The molecule has 0 heterocycles. The summed E-state index contributed by atoms with van der Waals surface area (Å²) in [5.74, 6) is 1.79. The van der Waals surface area contributed by atoms with Crippen molar-refractivity contribution in [3.63, 3.8) is 0 Å². The van der Waals surface area contributed by atoms with E-state index in [1.807, 2.05) is 75.4 Å². The first kappa shape index (κ1) is 13.9. The van der Waals surface area contributed by atoms with Crippen molar-refractivity contribution in [3.05, 3.63) is 54.6 Å². The van der Waals surface area contributed by atoms with Crippen LogP contribution in [0.5, 0.6) is 11.5 Å². The molecule has 0 aliphatic rings. The Balaban J connectivity index is 1.92. The monoisotopic (exact) mass is 274 g/mol. The van der Waals surface area contributed by atoms with Crippen LogP contribution < -0.4 is 14.6 Å². The van der Waals surface area contributed by atoms with Crippen LogP contribution in [0.25, 0.3) is 0 Å². The summed E-state index contributed by atoms with van der Waals surface area (Å²) in [7, 11) is 0.311. The number of hydrogen-bond donors (Lipinski definition) is 0. The van der Waals surface area contributed by atoms with Gasteiger partial charge in [-0.2, -0.15) is 0 Å². The van der Waals surface area contributed by atoms with Crippen molar-refractivity contribution in [1.29, 1.82) is 0 Å². The van der Waals surface area contributed by atoms with Gasteiger partial charge in [0.2, 0.25) is 0 Å². The van der Waals surface area contributed by atoms with Gasteiger partial charge in [-0.15, -0.1) is 0 Å². The van der Waals surface area contributed by atoms with Crippen LogP contribution in [0.3, 0.4) is 0 Å². The van der Waals surface area contributed by atoms with Crippen molar-refractivity contribution in [2.75, 3.05) is 0 Å². The Bertz CT molecular complexity index is 501. The number of para-hydroxylation sites is 1. The third kappa shape index (κ3) is 4.92. The summed E-state index contributed by atoms with van der Waals surface area (Å²) in [5.41, 5.74) is -0.162. The smallest absolute Gasteiger partial charge is 0.123 e. The Labute approximate surface area is 116 Å². The van der Waals surface area contributed by atoms with Gasteiger partial charge in [-0.1, -0.05) is 18.2 Å². The average molecular weight is 274 g/mol. The molecule has 0 aliphatic carbocycles. The Morgan fingerprint density at radius 2 is 1.42 bits per heavy atom. The maximum atomic E-state index is 5.78. The highest BCUT2D eigenvalue weighted by molar-refractivity contribution is 7.42. The molecular weight excluding hydrogens is 255 g/mol. The van der Waals surface area contributed by atoms with Crippen LogP contribution in [0.15, 0.2) is 54.6 Å². The van der Waals surface area contributed by atoms with E-state index in [0.29, 0.717) is 8.81 Å². The maximum Gasteiger partial charge on any atom is 0.123 e. The lowest BCUT2D eigenvalue weighted by Gasteiger charge is -2.21. The highest BCUT2D eigenvalue weighted by atomic mass is 31.1. The predicted octanol–water partition coefficient (Wildman–Crippen LogP) is 4.16. The first-order chi connectivity index (χ1) is 9.03. The molecule has 0 saturated heterocycles. The summed E-state index contributed by atoms with van der Waals surface area (Å²) < 4.78 is 11.5. The molecule has 0 aliphatic heterocycles. The molecule has 1 unspecified atom stereocenters. The van der Waals surface area contributed by atoms with Crippen LogP contribution in [0.4, 0.5) is 0 Å².